The fourth-order valence-corrected chi connectivity index (χ4v) is 8.83. The highest BCUT2D eigenvalue weighted by molar-refractivity contribution is 7.00. The van der Waals surface area contributed by atoms with Crippen molar-refractivity contribution < 1.29 is 18.3 Å². The van der Waals surface area contributed by atoms with Crippen molar-refractivity contribution in [3.63, 3.8) is 0 Å². The number of benzene rings is 7. The van der Waals surface area contributed by atoms with Gasteiger partial charge in [-0.1, -0.05) is 60.7 Å². The molecule has 0 N–H and O–H groups in total. The van der Waals surface area contributed by atoms with Crippen molar-refractivity contribution in [2.45, 2.75) is 6.92 Å². The second-order valence-electron chi connectivity index (χ2n) is 14.5. The van der Waals surface area contributed by atoms with Crippen LogP contribution in [0.4, 0.5) is 34.1 Å². The van der Waals surface area contributed by atoms with Gasteiger partial charge in [0.25, 0.3) is 6.71 Å². The molecule has 0 amide bonds. The van der Waals surface area contributed by atoms with Crippen LogP contribution in [0.1, 0.15) is 5.56 Å². The van der Waals surface area contributed by atoms with Crippen LogP contribution in [-0.4, -0.2) is 13.5 Å². The van der Waals surface area contributed by atoms with E-state index in [1.165, 1.54) is 16.5 Å². The number of anilines is 6. The van der Waals surface area contributed by atoms with Crippen molar-refractivity contribution in [2.24, 2.45) is 0 Å². The van der Waals surface area contributed by atoms with Gasteiger partial charge in [0.15, 0.2) is 11.5 Å². The third kappa shape index (κ3) is 4.56. The number of furan rings is 2. The van der Waals surface area contributed by atoms with Crippen molar-refractivity contribution in [3.8, 4) is 34.1 Å². The molecule has 0 saturated carbocycles. The molecule has 2 aromatic heterocycles. The lowest BCUT2D eigenvalue weighted by atomic mass is 9.33. The van der Waals surface area contributed by atoms with Gasteiger partial charge in [0.05, 0.1) is 0 Å². The fraction of sp³-hybridized carbons (Fsp3) is 0.0417. The maximum absolute atomic E-state index is 6.46. The molecule has 0 atom stereocenters. The standard InChI is InChI=1S/C48H31BN2O4/c1-29-21-40-48-41(22-29)51(34-11-3-2-4-12-34)39-27-47-46(52-28-53-47)26-37(39)49(48)36-23-33(45-25-32-10-6-8-14-43(32)55-45)17-20-38(36)50(40)35-18-15-30(16-19-35)44-24-31-9-5-7-13-42(31)54-44/h2-27H,28H2,1H3. The Labute approximate surface area is 317 Å². The summed E-state index contributed by atoms with van der Waals surface area (Å²) in [6, 6.07) is 55.7. The molecule has 9 aromatic rings. The normalized spacial score (nSPS) is 13.7. The van der Waals surface area contributed by atoms with Gasteiger partial charge < -0.3 is 28.1 Å². The average molecular weight is 711 g/mol. The third-order valence-electron chi connectivity index (χ3n) is 11.3. The minimum atomic E-state index is -0.0968. The summed E-state index contributed by atoms with van der Waals surface area (Å²) in [7, 11) is 0. The van der Waals surface area contributed by atoms with Crippen LogP contribution in [0.2, 0.25) is 0 Å². The average Bonchev–Trinajstić information content (AvgIpc) is 3.99. The molecular weight excluding hydrogens is 679 g/mol. The molecular formula is C48H31BN2O4. The maximum Gasteiger partial charge on any atom is 0.252 e. The molecule has 3 aliphatic rings. The monoisotopic (exact) mass is 710 g/mol. The van der Waals surface area contributed by atoms with Crippen LogP contribution in [0.3, 0.4) is 0 Å². The molecule has 12 rings (SSSR count). The van der Waals surface area contributed by atoms with Crippen LogP contribution in [0.25, 0.3) is 44.6 Å². The van der Waals surface area contributed by atoms with E-state index in [0.29, 0.717) is 0 Å². The van der Waals surface area contributed by atoms with Gasteiger partial charge in [0.1, 0.15) is 22.7 Å². The molecule has 260 valence electrons. The first-order valence-electron chi connectivity index (χ1n) is 18.6. The van der Waals surface area contributed by atoms with Gasteiger partial charge in [0.2, 0.25) is 6.79 Å². The fourth-order valence-electron chi connectivity index (χ4n) is 8.83. The lowest BCUT2D eigenvalue weighted by molar-refractivity contribution is 0.174. The lowest BCUT2D eigenvalue weighted by Crippen LogP contribution is -2.61. The van der Waals surface area contributed by atoms with Crippen LogP contribution in [0, 0.1) is 6.92 Å². The second kappa shape index (κ2) is 11.4. The van der Waals surface area contributed by atoms with Crippen LogP contribution in [0.15, 0.2) is 167 Å². The Balaban J connectivity index is 1.11. The minimum absolute atomic E-state index is 0.0968. The van der Waals surface area contributed by atoms with E-state index < -0.39 is 0 Å². The number of para-hydroxylation sites is 3. The second-order valence-corrected chi connectivity index (χ2v) is 14.5. The SMILES string of the molecule is Cc1cc2c3c(c1)N(c1ccccc1)c1cc4c(cc1B3c1cc(-c3cc5ccccc5o3)ccc1N2c1ccc(-c2cc3ccccc3o2)cc1)OCO4. The first kappa shape index (κ1) is 30.4. The van der Waals surface area contributed by atoms with Crippen molar-refractivity contribution >= 4 is 79.2 Å². The van der Waals surface area contributed by atoms with Gasteiger partial charge in [-0.25, -0.2) is 0 Å². The van der Waals surface area contributed by atoms with Crippen LogP contribution < -0.4 is 35.7 Å². The Hall–Kier alpha value is -7.12. The number of hydrogen-bond acceptors (Lipinski definition) is 6. The van der Waals surface area contributed by atoms with E-state index in [-0.39, 0.29) is 13.5 Å². The summed E-state index contributed by atoms with van der Waals surface area (Å²) in [6.45, 7) is 2.30. The smallest absolute Gasteiger partial charge is 0.252 e. The van der Waals surface area contributed by atoms with E-state index >= 15 is 0 Å². The van der Waals surface area contributed by atoms with Crippen molar-refractivity contribution in [1.29, 1.82) is 0 Å². The molecule has 0 saturated heterocycles. The minimum Gasteiger partial charge on any atom is -0.456 e. The first-order valence-corrected chi connectivity index (χ1v) is 18.6. The zero-order chi connectivity index (χ0) is 36.2. The van der Waals surface area contributed by atoms with Gasteiger partial charge in [-0.2, -0.15) is 0 Å². The van der Waals surface area contributed by atoms with E-state index in [0.717, 1.165) is 95.7 Å². The molecule has 7 heteroatoms. The van der Waals surface area contributed by atoms with E-state index in [1.807, 2.05) is 36.4 Å². The van der Waals surface area contributed by atoms with Crippen molar-refractivity contribution in [2.75, 3.05) is 16.6 Å². The highest BCUT2D eigenvalue weighted by Gasteiger charge is 2.44. The van der Waals surface area contributed by atoms with E-state index in [9.17, 15) is 0 Å². The summed E-state index contributed by atoms with van der Waals surface area (Å²) in [5, 5.41) is 2.17. The van der Waals surface area contributed by atoms with Gasteiger partial charge in [-0.05, 0) is 120 Å². The van der Waals surface area contributed by atoms with Crippen molar-refractivity contribution in [3.05, 3.63) is 163 Å². The molecule has 0 aliphatic carbocycles. The van der Waals surface area contributed by atoms with Gasteiger partial charge in [-0.3, -0.25) is 0 Å². The molecule has 0 unspecified atom stereocenters. The lowest BCUT2D eigenvalue weighted by Gasteiger charge is -2.44. The van der Waals surface area contributed by atoms with E-state index in [1.54, 1.807) is 0 Å². The Kier molecular flexibility index (Phi) is 6.32. The predicted octanol–water partition coefficient (Wildman–Crippen LogP) is 10.6. The molecule has 7 aromatic carbocycles. The molecule has 0 bridgehead atoms. The predicted molar refractivity (Wildman–Crippen MR) is 222 cm³/mol. The summed E-state index contributed by atoms with van der Waals surface area (Å²) >= 11 is 0. The molecule has 0 radical (unpaired) electrons. The third-order valence-corrected chi connectivity index (χ3v) is 11.3. The van der Waals surface area contributed by atoms with Gasteiger partial charge in [0, 0.05) is 62.1 Å². The number of ether oxygens (including phenoxy) is 2. The van der Waals surface area contributed by atoms with E-state index in [4.69, 9.17) is 18.3 Å². The molecule has 6 nitrogen and oxygen atoms in total. The van der Waals surface area contributed by atoms with Gasteiger partial charge >= 0.3 is 0 Å². The zero-order valence-electron chi connectivity index (χ0n) is 29.8. The topological polar surface area (TPSA) is 51.2 Å². The van der Waals surface area contributed by atoms with Crippen LogP contribution in [-0.2, 0) is 0 Å². The highest BCUT2D eigenvalue weighted by Crippen LogP contribution is 2.47. The maximum atomic E-state index is 6.46. The summed E-state index contributed by atoms with van der Waals surface area (Å²) in [5.74, 6) is 3.22. The number of fused-ring (bicyclic) bond motifs is 7. The molecule has 0 spiro atoms. The van der Waals surface area contributed by atoms with Crippen LogP contribution >= 0.6 is 0 Å². The van der Waals surface area contributed by atoms with Gasteiger partial charge in [-0.15, -0.1) is 0 Å². The number of rotatable bonds is 4. The molecule has 0 fully saturated rings. The zero-order valence-corrected chi connectivity index (χ0v) is 29.8. The molecule has 5 heterocycles. The Morgan fingerprint density at radius 1 is 0.473 bits per heavy atom. The number of aryl methyl sites for hydroxylation is 1. The summed E-state index contributed by atoms with van der Waals surface area (Å²) < 4.78 is 24.8. The van der Waals surface area contributed by atoms with Crippen LogP contribution in [0.5, 0.6) is 11.5 Å². The van der Waals surface area contributed by atoms with E-state index in [2.05, 4.69) is 138 Å². The Morgan fingerprint density at radius 2 is 1.04 bits per heavy atom. The summed E-state index contributed by atoms with van der Waals surface area (Å²) in [4.78, 5) is 4.81. The Morgan fingerprint density at radius 3 is 1.73 bits per heavy atom. The largest absolute Gasteiger partial charge is 0.456 e. The summed E-state index contributed by atoms with van der Waals surface area (Å²) in [6.07, 6.45) is 0. The molecule has 55 heavy (non-hydrogen) atoms. The highest BCUT2D eigenvalue weighted by atomic mass is 16.7. The first-order chi connectivity index (χ1) is 27.1. The number of nitrogens with zero attached hydrogens (tertiary/aromatic N) is 2. The number of hydrogen-bond donors (Lipinski definition) is 0. The van der Waals surface area contributed by atoms with Crippen molar-refractivity contribution in [1.82, 2.24) is 0 Å². The molecule has 3 aliphatic heterocycles. The Bertz CT molecular complexity index is 2940. The quantitative estimate of drug-likeness (QED) is 0.170. The summed E-state index contributed by atoms with van der Waals surface area (Å²) in [5.41, 5.74) is 15.2.